The Labute approximate surface area is 167 Å². The number of rotatable bonds is 10. The van der Waals surface area contributed by atoms with E-state index in [1.807, 2.05) is 58.0 Å². The fourth-order valence-electron chi connectivity index (χ4n) is 2.68. The molecule has 0 bridgehead atoms. The van der Waals surface area contributed by atoms with Crippen molar-refractivity contribution in [3.05, 3.63) is 35.9 Å². The van der Waals surface area contributed by atoms with E-state index in [0.29, 0.717) is 12.8 Å². The van der Waals surface area contributed by atoms with Crippen molar-refractivity contribution in [3.63, 3.8) is 0 Å². The van der Waals surface area contributed by atoms with Gasteiger partial charge in [0.1, 0.15) is 18.7 Å². The van der Waals surface area contributed by atoms with Gasteiger partial charge in [-0.25, -0.2) is 9.59 Å². The van der Waals surface area contributed by atoms with Crippen LogP contribution in [0.2, 0.25) is 0 Å². The van der Waals surface area contributed by atoms with Crippen LogP contribution in [-0.2, 0) is 25.7 Å². The molecule has 2 amide bonds. The molecule has 0 saturated carbocycles. The Morgan fingerprint density at radius 2 is 1.68 bits per heavy atom. The number of carbonyl (C=O) groups is 3. The van der Waals surface area contributed by atoms with Crippen molar-refractivity contribution in [2.45, 2.75) is 59.2 Å². The summed E-state index contributed by atoms with van der Waals surface area (Å²) in [7, 11) is 1.28. The second kappa shape index (κ2) is 12.0. The molecule has 0 aliphatic carbocycles. The summed E-state index contributed by atoms with van der Waals surface area (Å²) in [6.07, 6.45) is 0.441. The Morgan fingerprint density at radius 1 is 1.04 bits per heavy atom. The van der Waals surface area contributed by atoms with Crippen molar-refractivity contribution < 1.29 is 23.9 Å². The molecule has 2 unspecified atom stereocenters. The number of carbonyl (C=O) groups excluding carboxylic acids is 3. The first kappa shape index (κ1) is 23.5. The molecule has 1 aromatic carbocycles. The maximum absolute atomic E-state index is 12.8. The highest BCUT2D eigenvalue weighted by Crippen LogP contribution is 2.12. The molecule has 7 nitrogen and oxygen atoms in total. The van der Waals surface area contributed by atoms with Crippen LogP contribution in [0.4, 0.5) is 4.79 Å². The highest BCUT2D eigenvalue weighted by molar-refractivity contribution is 5.89. The van der Waals surface area contributed by atoms with E-state index in [0.717, 1.165) is 5.56 Å². The zero-order valence-corrected chi connectivity index (χ0v) is 17.4. The molecule has 0 aromatic heterocycles. The summed E-state index contributed by atoms with van der Waals surface area (Å²) in [5, 5.41) is 5.34. The zero-order valence-electron chi connectivity index (χ0n) is 17.4. The number of benzene rings is 1. The molecule has 0 fully saturated rings. The maximum Gasteiger partial charge on any atom is 0.408 e. The molecule has 0 heterocycles. The lowest BCUT2D eigenvalue weighted by Gasteiger charge is -2.26. The fraction of sp³-hybridized carbons (Fsp3) is 0.571. The lowest BCUT2D eigenvalue weighted by molar-refractivity contribution is -0.146. The minimum Gasteiger partial charge on any atom is -0.467 e. The molecule has 1 aromatic rings. The number of ether oxygens (including phenoxy) is 2. The summed E-state index contributed by atoms with van der Waals surface area (Å²) in [6, 6.07) is 7.71. The SMILES string of the molecule is CCC(C)C(NC(=O)OCc1ccccc1)C(=O)N[C@@H](CC(C)C)C(=O)OC. The number of amides is 2. The van der Waals surface area contributed by atoms with Crippen LogP contribution in [0, 0.1) is 11.8 Å². The third kappa shape index (κ3) is 7.98. The predicted molar refractivity (Wildman–Crippen MR) is 106 cm³/mol. The van der Waals surface area contributed by atoms with Crippen LogP contribution in [0.3, 0.4) is 0 Å². The minimum absolute atomic E-state index is 0.111. The quantitative estimate of drug-likeness (QED) is 0.597. The average molecular weight is 392 g/mol. The van der Waals surface area contributed by atoms with Crippen LogP contribution in [0.5, 0.6) is 0 Å². The zero-order chi connectivity index (χ0) is 21.1. The molecular formula is C21H32N2O5. The van der Waals surface area contributed by atoms with E-state index in [1.165, 1.54) is 7.11 Å². The molecule has 7 heteroatoms. The number of alkyl carbamates (subject to hydrolysis) is 1. The summed E-state index contributed by atoms with van der Waals surface area (Å²) in [4.78, 5) is 37.0. The predicted octanol–water partition coefficient (Wildman–Crippen LogP) is 3.03. The molecule has 0 saturated heterocycles. The molecule has 0 aliphatic rings. The standard InChI is InChI=1S/C21H32N2O5/c1-6-15(4)18(19(24)22-17(12-14(2)3)20(25)27-5)23-21(26)28-13-16-10-8-7-9-11-16/h7-11,14-15,17-18H,6,12-13H2,1-5H3,(H,22,24)(H,23,26)/t15?,17-,18?/m0/s1. The number of nitrogens with one attached hydrogen (secondary N) is 2. The molecule has 2 N–H and O–H groups in total. The first-order valence-electron chi connectivity index (χ1n) is 9.63. The van der Waals surface area contributed by atoms with Gasteiger partial charge in [0, 0.05) is 0 Å². The molecule has 3 atom stereocenters. The fourth-order valence-corrected chi connectivity index (χ4v) is 2.68. The minimum atomic E-state index is -0.812. The monoisotopic (exact) mass is 392 g/mol. The van der Waals surface area contributed by atoms with Crippen LogP contribution < -0.4 is 10.6 Å². The van der Waals surface area contributed by atoms with E-state index in [2.05, 4.69) is 10.6 Å². The van der Waals surface area contributed by atoms with Crippen molar-refractivity contribution in [3.8, 4) is 0 Å². The van der Waals surface area contributed by atoms with E-state index in [4.69, 9.17) is 9.47 Å². The molecular weight excluding hydrogens is 360 g/mol. The van der Waals surface area contributed by atoms with Gasteiger partial charge in [-0.1, -0.05) is 64.4 Å². The van der Waals surface area contributed by atoms with Crippen molar-refractivity contribution in [2.24, 2.45) is 11.8 Å². The molecule has 28 heavy (non-hydrogen) atoms. The van der Waals surface area contributed by atoms with Gasteiger partial charge in [-0.05, 0) is 23.8 Å². The van der Waals surface area contributed by atoms with E-state index < -0.39 is 30.1 Å². The van der Waals surface area contributed by atoms with Gasteiger partial charge in [0.15, 0.2) is 0 Å². The number of methoxy groups -OCH3 is 1. The van der Waals surface area contributed by atoms with Gasteiger partial charge >= 0.3 is 12.1 Å². The van der Waals surface area contributed by atoms with Gasteiger partial charge in [0.05, 0.1) is 7.11 Å². The Morgan fingerprint density at radius 3 is 2.21 bits per heavy atom. The van der Waals surface area contributed by atoms with Crippen LogP contribution in [0.1, 0.15) is 46.1 Å². The van der Waals surface area contributed by atoms with E-state index >= 15 is 0 Å². The first-order chi connectivity index (χ1) is 13.3. The number of hydrogen-bond donors (Lipinski definition) is 2. The third-order valence-electron chi connectivity index (χ3n) is 4.49. The number of esters is 1. The summed E-state index contributed by atoms with van der Waals surface area (Å²) in [5.74, 6) is -0.879. The van der Waals surface area contributed by atoms with Crippen molar-refractivity contribution in [1.29, 1.82) is 0 Å². The van der Waals surface area contributed by atoms with Crippen molar-refractivity contribution in [2.75, 3.05) is 7.11 Å². The van der Waals surface area contributed by atoms with Gasteiger partial charge < -0.3 is 20.1 Å². The second-order valence-electron chi connectivity index (χ2n) is 7.28. The lowest BCUT2D eigenvalue weighted by atomic mass is 9.97. The van der Waals surface area contributed by atoms with Crippen molar-refractivity contribution >= 4 is 18.0 Å². The molecule has 0 aliphatic heterocycles. The van der Waals surface area contributed by atoms with Gasteiger partial charge in [-0.15, -0.1) is 0 Å². The number of hydrogen-bond acceptors (Lipinski definition) is 5. The van der Waals surface area contributed by atoms with Gasteiger partial charge in [-0.3, -0.25) is 4.79 Å². The topological polar surface area (TPSA) is 93.7 Å². The first-order valence-corrected chi connectivity index (χ1v) is 9.63. The second-order valence-corrected chi connectivity index (χ2v) is 7.28. The lowest BCUT2D eigenvalue weighted by Crippen LogP contribution is -2.54. The van der Waals surface area contributed by atoms with Gasteiger partial charge in [-0.2, -0.15) is 0 Å². The van der Waals surface area contributed by atoms with Crippen LogP contribution in [0.15, 0.2) is 30.3 Å². The van der Waals surface area contributed by atoms with E-state index in [9.17, 15) is 14.4 Å². The smallest absolute Gasteiger partial charge is 0.408 e. The summed E-state index contributed by atoms with van der Waals surface area (Å²) >= 11 is 0. The van der Waals surface area contributed by atoms with Gasteiger partial charge in [0.25, 0.3) is 0 Å². The Bertz CT molecular complexity index is 633. The van der Waals surface area contributed by atoms with Crippen LogP contribution in [0.25, 0.3) is 0 Å². The largest absolute Gasteiger partial charge is 0.467 e. The normalized spacial score (nSPS) is 13.9. The molecule has 0 spiro atoms. The van der Waals surface area contributed by atoms with Crippen LogP contribution >= 0.6 is 0 Å². The average Bonchev–Trinajstić information content (AvgIpc) is 2.69. The summed E-state index contributed by atoms with van der Waals surface area (Å²) < 4.78 is 10.0. The Kier molecular flexibility index (Phi) is 10.1. The highest BCUT2D eigenvalue weighted by Gasteiger charge is 2.31. The van der Waals surface area contributed by atoms with E-state index in [-0.39, 0.29) is 18.4 Å². The molecule has 0 radical (unpaired) electrons. The molecule has 1 rings (SSSR count). The maximum atomic E-state index is 12.8. The summed E-state index contributed by atoms with van der Waals surface area (Å²) in [5.41, 5.74) is 0.852. The Balaban J connectivity index is 2.75. The molecule has 156 valence electrons. The van der Waals surface area contributed by atoms with Crippen molar-refractivity contribution in [1.82, 2.24) is 10.6 Å². The third-order valence-corrected chi connectivity index (χ3v) is 4.49. The summed E-state index contributed by atoms with van der Waals surface area (Å²) in [6.45, 7) is 7.80. The van der Waals surface area contributed by atoms with Gasteiger partial charge in [0.2, 0.25) is 5.91 Å². The Hall–Kier alpha value is -2.57. The van der Waals surface area contributed by atoms with E-state index in [1.54, 1.807) is 0 Å². The highest BCUT2D eigenvalue weighted by atomic mass is 16.5. The van der Waals surface area contributed by atoms with Crippen LogP contribution in [-0.4, -0.2) is 37.2 Å².